The maximum absolute atomic E-state index is 5.79. The third-order valence-corrected chi connectivity index (χ3v) is 3.06. The van der Waals surface area contributed by atoms with Gasteiger partial charge in [-0.05, 0) is 57.5 Å². The number of benzene rings is 1. The van der Waals surface area contributed by atoms with E-state index in [1.54, 1.807) is 0 Å². The molecule has 1 unspecified atom stereocenters. The molecule has 0 amide bonds. The van der Waals surface area contributed by atoms with Crippen LogP contribution in [-0.2, 0) is 0 Å². The van der Waals surface area contributed by atoms with Crippen LogP contribution in [0.1, 0.15) is 33.1 Å². The zero-order valence-corrected chi connectivity index (χ0v) is 11.3. The Morgan fingerprint density at radius 3 is 2.50 bits per heavy atom. The molecule has 1 atom stereocenters. The molecule has 0 bridgehead atoms. The van der Waals surface area contributed by atoms with Crippen LogP contribution in [0.3, 0.4) is 0 Å². The molecular formula is C15H23NO2. The van der Waals surface area contributed by atoms with Crippen molar-refractivity contribution >= 4 is 0 Å². The van der Waals surface area contributed by atoms with Gasteiger partial charge in [-0.25, -0.2) is 0 Å². The number of nitrogens with one attached hydrogen (secondary N) is 1. The molecule has 0 aromatic heterocycles. The molecule has 0 saturated carbocycles. The normalized spacial score (nSPS) is 19.8. The Labute approximate surface area is 109 Å². The summed E-state index contributed by atoms with van der Waals surface area (Å²) in [4.78, 5) is 0. The molecular weight excluding hydrogens is 226 g/mol. The highest BCUT2D eigenvalue weighted by molar-refractivity contribution is 5.31. The van der Waals surface area contributed by atoms with Gasteiger partial charge in [0.25, 0.3) is 0 Å². The molecule has 1 N–H and O–H groups in total. The topological polar surface area (TPSA) is 30.5 Å². The van der Waals surface area contributed by atoms with Gasteiger partial charge in [0.05, 0.1) is 6.10 Å². The average Bonchev–Trinajstić information content (AvgIpc) is 2.38. The molecule has 0 radical (unpaired) electrons. The first-order chi connectivity index (χ1) is 8.74. The summed E-state index contributed by atoms with van der Waals surface area (Å²) in [6.45, 7) is 5.93. The van der Waals surface area contributed by atoms with E-state index in [1.807, 2.05) is 38.1 Å². The Bertz CT molecular complexity index is 342. The lowest BCUT2D eigenvalue weighted by atomic mass is 10.1. The van der Waals surface area contributed by atoms with E-state index >= 15 is 0 Å². The molecule has 3 nitrogen and oxygen atoms in total. The van der Waals surface area contributed by atoms with Gasteiger partial charge in [0.15, 0.2) is 0 Å². The van der Waals surface area contributed by atoms with Crippen molar-refractivity contribution in [3.05, 3.63) is 24.3 Å². The zero-order chi connectivity index (χ0) is 12.8. The van der Waals surface area contributed by atoms with Gasteiger partial charge in [-0.1, -0.05) is 6.42 Å². The molecule has 0 spiro atoms. The Balaban J connectivity index is 1.78. The van der Waals surface area contributed by atoms with Crippen LogP contribution < -0.4 is 14.8 Å². The maximum atomic E-state index is 5.79. The van der Waals surface area contributed by atoms with E-state index in [1.165, 1.54) is 19.3 Å². The van der Waals surface area contributed by atoms with Crippen LogP contribution in [0.25, 0.3) is 0 Å². The predicted molar refractivity (Wildman–Crippen MR) is 73.3 cm³/mol. The van der Waals surface area contributed by atoms with E-state index in [2.05, 4.69) is 5.32 Å². The highest BCUT2D eigenvalue weighted by Gasteiger charge is 2.12. The van der Waals surface area contributed by atoms with Crippen LogP contribution in [0.2, 0.25) is 0 Å². The van der Waals surface area contributed by atoms with Gasteiger partial charge < -0.3 is 14.8 Å². The van der Waals surface area contributed by atoms with Gasteiger partial charge in [0.1, 0.15) is 18.1 Å². The molecule has 3 heteroatoms. The minimum absolute atomic E-state index is 0.211. The van der Waals surface area contributed by atoms with Gasteiger partial charge in [0, 0.05) is 6.04 Å². The first-order valence-electron chi connectivity index (χ1n) is 6.87. The molecule has 1 heterocycles. The largest absolute Gasteiger partial charge is 0.492 e. The Hall–Kier alpha value is -1.22. The van der Waals surface area contributed by atoms with Crippen molar-refractivity contribution in [2.45, 2.75) is 45.3 Å². The second-order valence-corrected chi connectivity index (χ2v) is 5.10. The predicted octanol–water partition coefficient (Wildman–Crippen LogP) is 2.99. The quantitative estimate of drug-likeness (QED) is 0.870. The summed E-state index contributed by atoms with van der Waals surface area (Å²) >= 11 is 0. The van der Waals surface area contributed by atoms with Crippen molar-refractivity contribution in [1.29, 1.82) is 0 Å². The third-order valence-electron chi connectivity index (χ3n) is 3.06. The summed E-state index contributed by atoms with van der Waals surface area (Å²) < 4.78 is 11.4. The molecule has 2 rings (SSSR count). The fourth-order valence-electron chi connectivity index (χ4n) is 2.15. The monoisotopic (exact) mass is 249 g/mol. The van der Waals surface area contributed by atoms with Gasteiger partial charge in [0.2, 0.25) is 0 Å². The molecule has 1 aromatic carbocycles. The van der Waals surface area contributed by atoms with E-state index in [9.17, 15) is 0 Å². The van der Waals surface area contributed by atoms with Crippen LogP contribution in [0.4, 0.5) is 0 Å². The SMILES string of the molecule is CC(C)Oc1ccc(OCC2CCCCN2)cc1. The number of rotatable bonds is 5. The summed E-state index contributed by atoms with van der Waals surface area (Å²) in [6, 6.07) is 8.37. The van der Waals surface area contributed by atoms with Crippen LogP contribution >= 0.6 is 0 Å². The highest BCUT2D eigenvalue weighted by atomic mass is 16.5. The minimum Gasteiger partial charge on any atom is -0.492 e. The molecule has 1 saturated heterocycles. The third kappa shape index (κ3) is 4.22. The average molecular weight is 249 g/mol. The molecule has 1 aromatic rings. The summed E-state index contributed by atoms with van der Waals surface area (Å²) in [5.41, 5.74) is 0. The lowest BCUT2D eigenvalue weighted by Gasteiger charge is -2.23. The van der Waals surface area contributed by atoms with E-state index < -0.39 is 0 Å². The van der Waals surface area contributed by atoms with Crippen LogP contribution in [0.15, 0.2) is 24.3 Å². The van der Waals surface area contributed by atoms with Crippen molar-refractivity contribution in [3.8, 4) is 11.5 Å². The van der Waals surface area contributed by atoms with Crippen LogP contribution in [0, 0.1) is 0 Å². The van der Waals surface area contributed by atoms with E-state index in [0.717, 1.165) is 24.7 Å². The number of hydrogen-bond acceptors (Lipinski definition) is 3. The summed E-state index contributed by atoms with van der Waals surface area (Å²) in [5.74, 6) is 1.81. The van der Waals surface area contributed by atoms with E-state index in [0.29, 0.717) is 6.04 Å². The number of piperidine rings is 1. The second kappa shape index (κ2) is 6.64. The molecule has 18 heavy (non-hydrogen) atoms. The highest BCUT2D eigenvalue weighted by Crippen LogP contribution is 2.19. The standard InChI is InChI=1S/C15H23NO2/c1-12(2)18-15-8-6-14(7-9-15)17-11-13-5-3-4-10-16-13/h6-9,12-13,16H,3-5,10-11H2,1-2H3. The molecule has 100 valence electrons. The number of hydrogen-bond donors (Lipinski definition) is 1. The van der Waals surface area contributed by atoms with Gasteiger partial charge >= 0.3 is 0 Å². The van der Waals surface area contributed by atoms with Crippen molar-refractivity contribution in [3.63, 3.8) is 0 Å². The first kappa shape index (κ1) is 13.2. The smallest absolute Gasteiger partial charge is 0.119 e. The summed E-state index contributed by atoms with van der Waals surface area (Å²) in [5, 5.41) is 3.48. The van der Waals surface area contributed by atoms with Crippen molar-refractivity contribution in [2.75, 3.05) is 13.2 Å². The van der Waals surface area contributed by atoms with E-state index in [4.69, 9.17) is 9.47 Å². The lowest BCUT2D eigenvalue weighted by molar-refractivity contribution is 0.234. The Morgan fingerprint density at radius 2 is 1.89 bits per heavy atom. The molecule has 1 aliphatic heterocycles. The van der Waals surface area contributed by atoms with Crippen molar-refractivity contribution in [1.82, 2.24) is 5.32 Å². The lowest BCUT2D eigenvalue weighted by Crippen LogP contribution is -2.38. The molecule has 1 fully saturated rings. The molecule has 1 aliphatic rings. The zero-order valence-electron chi connectivity index (χ0n) is 11.3. The Kier molecular flexibility index (Phi) is 4.88. The fourth-order valence-corrected chi connectivity index (χ4v) is 2.15. The fraction of sp³-hybridized carbons (Fsp3) is 0.600. The van der Waals surface area contributed by atoms with Crippen molar-refractivity contribution in [2.24, 2.45) is 0 Å². The van der Waals surface area contributed by atoms with Crippen LogP contribution in [-0.4, -0.2) is 25.3 Å². The second-order valence-electron chi connectivity index (χ2n) is 5.10. The molecule has 0 aliphatic carbocycles. The van der Waals surface area contributed by atoms with Gasteiger partial charge in [-0.3, -0.25) is 0 Å². The van der Waals surface area contributed by atoms with Gasteiger partial charge in [-0.15, -0.1) is 0 Å². The van der Waals surface area contributed by atoms with E-state index in [-0.39, 0.29) is 6.10 Å². The summed E-state index contributed by atoms with van der Waals surface area (Å²) in [6.07, 6.45) is 4.03. The first-order valence-corrected chi connectivity index (χ1v) is 6.87. The van der Waals surface area contributed by atoms with Gasteiger partial charge in [-0.2, -0.15) is 0 Å². The van der Waals surface area contributed by atoms with Crippen molar-refractivity contribution < 1.29 is 9.47 Å². The Morgan fingerprint density at radius 1 is 1.17 bits per heavy atom. The van der Waals surface area contributed by atoms with Crippen LogP contribution in [0.5, 0.6) is 11.5 Å². The maximum Gasteiger partial charge on any atom is 0.119 e. The minimum atomic E-state index is 0.211. The summed E-state index contributed by atoms with van der Waals surface area (Å²) in [7, 11) is 0. The number of ether oxygens (including phenoxy) is 2.